The Morgan fingerprint density at radius 1 is 1.11 bits per heavy atom. The van der Waals surface area contributed by atoms with Gasteiger partial charge in [0.05, 0.1) is 5.56 Å². The molecule has 0 aliphatic rings. The zero-order valence-corrected chi connectivity index (χ0v) is 15.1. The fourth-order valence-corrected chi connectivity index (χ4v) is 3.30. The van der Waals surface area contributed by atoms with E-state index >= 15 is 0 Å². The molecule has 0 aliphatic heterocycles. The molecule has 27 heavy (non-hydrogen) atoms. The first kappa shape index (κ1) is 17.3. The van der Waals surface area contributed by atoms with Crippen molar-refractivity contribution in [1.82, 2.24) is 24.5 Å². The van der Waals surface area contributed by atoms with Crippen molar-refractivity contribution < 1.29 is 8.78 Å². The topological polar surface area (TPSA) is 59.4 Å². The van der Waals surface area contributed by atoms with Gasteiger partial charge in [0.25, 0.3) is 0 Å². The number of hydrogen-bond acceptors (Lipinski definition) is 3. The lowest BCUT2D eigenvalue weighted by Gasteiger charge is -2.25. The van der Waals surface area contributed by atoms with E-state index in [0.717, 1.165) is 29.1 Å². The van der Waals surface area contributed by atoms with E-state index in [1.54, 1.807) is 18.6 Å². The van der Waals surface area contributed by atoms with Gasteiger partial charge in [0.1, 0.15) is 28.8 Å². The molecule has 0 atom stereocenters. The lowest BCUT2D eigenvalue weighted by Crippen LogP contribution is -2.23. The Bertz CT molecular complexity index is 1060. The molecule has 0 bridgehead atoms. The summed E-state index contributed by atoms with van der Waals surface area (Å²) < 4.78 is 29.6. The third-order valence-corrected chi connectivity index (χ3v) is 4.43. The predicted octanol–water partition coefficient (Wildman–Crippen LogP) is 4.37. The number of aromatic amines is 1. The highest BCUT2D eigenvalue weighted by Crippen LogP contribution is 2.28. The molecule has 5 nitrogen and oxygen atoms in total. The SMILES string of the molecule is CC(C)(Cc1nc2cccnc2[nH]1)Cn1ccnc1-c1cc(F)ccc1F. The summed E-state index contributed by atoms with van der Waals surface area (Å²) >= 11 is 0. The quantitative estimate of drug-likeness (QED) is 0.570. The van der Waals surface area contributed by atoms with Gasteiger partial charge in [-0.1, -0.05) is 13.8 Å². The molecule has 0 radical (unpaired) electrons. The van der Waals surface area contributed by atoms with Gasteiger partial charge < -0.3 is 9.55 Å². The summed E-state index contributed by atoms with van der Waals surface area (Å²) in [4.78, 5) is 16.3. The molecule has 3 aromatic heterocycles. The van der Waals surface area contributed by atoms with Crippen LogP contribution in [0.15, 0.2) is 48.9 Å². The number of pyridine rings is 1. The maximum Gasteiger partial charge on any atom is 0.157 e. The van der Waals surface area contributed by atoms with E-state index in [1.807, 2.05) is 16.7 Å². The van der Waals surface area contributed by atoms with Crippen molar-refractivity contribution in [3.8, 4) is 11.4 Å². The van der Waals surface area contributed by atoms with Gasteiger partial charge in [-0.3, -0.25) is 0 Å². The maximum atomic E-state index is 14.2. The number of nitrogens with one attached hydrogen (secondary N) is 1. The van der Waals surface area contributed by atoms with E-state index in [4.69, 9.17) is 0 Å². The Morgan fingerprint density at radius 2 is 1.96 bits per heavy atom. The summed E-state index contributed by atoms with van der Waals surface area (Å²) in [5, 5.41) is 0. The minimum atomic E-state index is -0.495. The number of fused-ring (bicyclic) bond motifs is 1. The second kappa shape index (κ2) is 6.57. The van der Waals surface area contributed by atoms with Gasteiger partial charge in [-0.2, -0.15) is 0 Å². The Labute approximate surface area is 155 Å². The Kier molecular flexibility index (Phi) is 4.22. The molecule has 0 saturated heterocycles. The van der Waals surface area contributed by atoms with E-state index < -0.39 is 11.6 Å². The zero-order chi connectivity index (χ0) is 19.0. The first-order valence-electron chi connectivity index (χ1n) is 8.67. The smallest absolute Gasteiger partial charge is 0.157 e. The molecule has 0 aliphatic carbocycles. The van der Waals surface area contributed by atoms with Crippen LogP contribution in [0.4, 0.5) is 8.78 Å². The Hall–Kier alpha value is -3.09. The first-order valence-corrected chi connectivity index (χ1v) is 8.67. The van der Waals surface area contributed by atoms with Crippen LogP contribution < -0.4 is 0 Å². The number of aromatic nitrogens is 5. The van der Waals surface area contributed by atoms with Crippen LogP contribution in [0.5, 0.6) is 0 Å². The summed E-state index contributed by atoms with van der Waals surface area (Å²) in [7, 11) is 0. The van der Waals surface area contributed by atoms with E-state index in [-0.39, 0.29) is 11.0 Å². The monoisotopic (exact) mass is 367 g/mol. The molecule has 1 N–H and O–H groups in total. The number of nitrogens with zero attached hydrogens (tertiary/aromatic N) is 4. The highest BCUT2D eigenvalue weighted by molar-refractivity contribution is 5.69. The van der Waals surface area contributed by atoms with Gasteiger partial charge in [-0.15, -0.1) is 0 Å². The first-order chi connectivity index (χ1) is 12.9. The summed E-state index contributed by atoms with van der Waals surface area (Å²) in [6.07, 6.45) is 5.77. The largest absolute Gasteiger partial charge is 0.330 e. The van der Waals surface area contributed by atoms with Gasteiger partial charge in [0.15, 0.2) is 5.65 Å². The van der Waals surface area contributed by atoms with Crippen LogP contribution in [0.1, 0.15) is 19.7 Å². The van der Waals surface area contributed by atoms with Gasteiger partial charge in [0, 0.05) is 31.6 Å². The van der Waals surface area contributed by atoms with Crippen LogP contribution in [0.2, 0.25) is 0 Å². The van der Waals surface area contributed by atoms with Gasteiger partial charge >= 0.3 is 0 Å². The number of benzene rings is 1. The molecule has 4 rings (SSSR count). The van der Waals surface area contributed by atoms with Crippen molar-refractivity contribution in [2.75, 3.05) is 0 Å². The third kappa shape index (κ3) is 3.58. The molecule has 1 aromatic carbocycles. The Morgan fingerprint density at radius 3 is 2.78 bits per heavy atom. The van der Waals surface area contributed by atoms with Crippen molar-refractivity contribution in [1.29, 1.82) is 0 Å². The molecule has 7 heteroatoms. The van der Waals surface area contributed by atoms with Gasteiger partial charge in [-0.25, -0.2) is 23.7 Å². The zero-order valence-electron chi connectivity index (χ0n) is 15.1. The molecular weight excluding hydrogens is 348 g/mol. The molecule has 4 aromatic rings. The number of hydrogen-bond donors (Lipinski definition) is 1. The van der Waals surface area contributed by atoms with Crippen molar-refractivity contribution in [3.63, 3.8) is 0 Å². The van der Waals surface area contributed by atoms with E-state index in [2.05, 4.69) is 33.8 Å². The molecule has 0 saturated carbocycles. The van der Waals surface area contributed by atoms with E-state index in [9.17, 15) is 8.78 Å². The Balaban J connectivity index is 1.60. The number of halogens is 2. The van der Waals surface area contributed by atoms with Crippen molar-refractivity contribution >= 4 is 11.2 Å². The maximum absolute atomic E-state index is 14.2. The molecule has 3 heterocycles. The van der Waals surface area contributed by atoms with Crippen LogP contribution in [0.25, 0.3) is 22.6 Å². The molecule has 138 valence electrons. The standard InChI is InChI=1S/C20H19F2N5/c1-20(2,11-17-25-16-4-3-7-23-18(16)26-17)12-27-9-8-24-19(27)14-10-13(21)5-6-15(14)22/h3-10H,11-12H2,1-2H3,(H,23,25,26). The molecule has 0 spiro atoms. The van der Waals surface area contributed by atoms with E-state index in [1.165, 1.54) is 6.07 Å². The van der Waals surface area contributed by atoms with Crippen LogP contribution in [-0.4, -0.2) is 24.5 Å². The lowest BCUT2D eigenvalue weighted by molar-refractivity contribution is 0.300. The van der Waals surface area contributed by atoms with Gasteiger partial charge in [0.2, 0.25) is 0 Å². The third-order valence-electron chi connectivity index (χ3n) is 4.43. The second-order valence-electron chi connectivity index (χ2n) is 7.40. The molecule has 0 amide bonds. The van der Waals surface area contributed by atoms with Crippen molar-refractivity contribution in [3.05, 3.63) is 66.4 Å². The second-order valence-corrected chi connectivity index (χ2v) is 7.40. The highest BCUT2D eigenvalue weighted by Gasteiger charge is 2.24. The fraction of sp³-hybridized carbons (Fsp3) is 0.250. The molecule has 0 fully saturated rings. The fourth-order valence-electron chi connectivity index (χ4n) is 3.30. The number of rotatable bonds is 5. The van der Waals surface area contributed by atoms with Crippen LogP contribution >= 0.6 is 0 Å². The van der Waals surface area contributed by atoms with Crippen molar-refractivity contribution in [2.24, 2.45) is 5.41 Å². The number of imidazole rings is 2. The predicted molar refractivity (Wildman–Crippen MR) is 99.0 cm³/mol. The molecular formula is C20H19F2N5. The molecule has 0 unspecified atom stereocenters. The summed E-state index contributed by atoms with van der Waals surface area (Å²) in [5.74, 6) is 0.263. The minimum absolute atomic E-state index is 0.156. The number of H-pyrrole nitrogens is 1. The van der Waals surface area contributed by atoms with Crippen LogP contribution in [-0.2, 0) is 13.0 Å². The summed E-state index contributed by atoms with van der Waals surface area (Å²) in [6.45, 7) is 4.77. The van der Waals surface area contributed by atoms with Crippen LogP contribution in [0, 0.1) is 17.0 Å². The minimum Gasteiger partial charge on any atom is -0.330 e. The average molecular weight is 367 g/mol. The summed E-state index contributed by atoms with van der Waals surface area (Å²) in [5.41, 5.74) is 1.54. The van der Waals surface area contributed by atoms with E-state index in [0.29, 0.717) is 18.8 Å². The van der Waals surface area contributed by atoms with Crippen molar-refractivity contribution in [2.45, 2.75) is 26.8 Å². The lowest BCUT2D eigenvalue weighted by atomic mass is 9.88. The van der Waals surface area contributed by atoms with Gasteiger partial charge in [-0.05, 0) is 35.7 Å². The summed E-state index contributed by atoms with van der Waals surface area (Å²) in [6, 6.07) is 7.16. The normalized spacial score (nSPS) is 12.0. The van der Waals surface area contributed by atoms with Crippen LogP contribution in [0.3, 0.4) is 0 Å². The highest BCUT2D eigenvalue weighted by atomic mass is 19.1. The average Bonchev–Trinajstić information content (AvgIpc) is 3.22.